The van der Waals surface area contributed by atoms with Gasteiger partial charge in [-0.1, -0.05) is 19.1 Å². The molecule has 1 fully saturated rings. The molecule has 3 aliphatic rings. The Kier molecular flexibility index (Phi) is 4.24. The summed E-state index contributed by atoms with van der Waals surface area (Å²) in [6.07, 6.45) is -1.98. The van der Waals surface area contributed by atoms with Gasteiger partial charge in [0.1, 0.15) is 22.8 Å². The van der Waals surface area contributed by atoms with Gasteiger partial charge in [-0.25, -0.2) is 0 Å². The van der Waals surface area contributed by atoms with Crippen LogP contribution in [0, 0.1) is 18.8 Å². The van der Waals surface area contributed by atoms with Crippen molar-refractivity contribution in [3.63, 3.8) is 0 Å². The normalized spacial score (nSPS) is 33.2. The average molecular weight is 414 g/mol. The minimum Gasteiger partial charge on any atom is -0.508 e. The zero-order chi connectivity index (χ0) is 22.3. The Morgan fingerprint density at radius 3 is 2.40 bits per heavy atom. The van der Waals surface area contributed by atoms with Crippen LogP contribution in [0.25, 0.3) is 5.76 Å². The smallest absolute Gasteiger partial charge is 0.202 e. The van der Waals surface area contributed by atoms with E-state index in [-0.39, 0.29) is 16.9 Å². The van der Waals surface area contributed by atoms with E-state index in [1.807, 2.05) is 0 Å². The molecule has 1 aromatic rings. The molecule has 5 unspecified atom stereocenters. The highest BCUT2D eigenvalue weighted by Gasteiger charge is 2.64. The summed E-state index contributed by atoms with van der Waals surface area (Å²) >= 11 is 0. The summed E-state index contributed by atoms with van der Waals surface area (Å²) in [6.45, 7) is 4.34. The van der Waals surface area contributed by atoms with Crippen molar-refractivity contribution < 1.29 is 39.9 Å². The number of Topliss-reactive ketones (excluding diaryl/α,β-unsaturated/α-hetero) is 3. The van der Waals surface area contributed by atoms with Gasteiger partial charge in [-0.3, -0.25) is 14.4 Å². The zero-order valence-electron chi connectivity index (χ0n) is 16.6. The monoisotopic (exact) mass is 414 g/mol. The van der Waals surface area contributed by atoms with Crippen LogP contribution in [-0.4, -0.2) is 54.6 Å². The number of rotatable bonds is 1. The van der Waals surface area contributed by atoms with Gasteiger partial charge in [-0.2, -0.15) is 0 Å². The van der Waals surface area contributed by atoms with E-state index in [9.17, 15) is 39.9 Å². The average Bonchev–Trinajstić information content (AvgIpc) is 2.67. The van der Waals surface area contributed by atoms with Crippen molar-refractivity contribution in [3.05, 3.63) is 45.7 Å². The van der Waals surface area contributed by atoms with E-state index in [4.69, 9.17) is 0 Å². The molecule has 30 heavy (non-hydrogen) atoms. The van der Waals surface area contributed by atoms with Crippen molar-refractivity contribution in [2.75, 3.05) is 0 Å². The fourth-order valence-corrected chi connectivity index (χ4v) is 5.21. The first-order chi connectivity index (χ1) is 13.9. The standard InChI is InChI=1S/C22H22O8/c1-7-4-5-10-8(2)13-16(19(27)15(10)17(7)25)21(29)22(30)11(18(13)26)6-12(24)14(9(3)23)20(22)28/h4-5,8,11,13,18,25-28,30H,6H2,1-3H3. The highest BCUT2D eigenvalue weighted by Crippen LogP contribution is 2.55. The van der Waals surface area contributed by atoms with Crippen LogP contribution < -0.4 is 0 Å². The van der Waals surface area contributed by atoms with Gasteiger partial charge in [0.05, 0.1) is 11.7 Å². The summed E-state index contributed by atoms with van der Waals surface area (Å²) in [4.78, 5) is 37.7. The molecule has 8 heteroatoms. The Morgan fingerprint density at radius 2 is 1.80 bits per heavy atom. The molecule has 0 aromatic heterocycles. The van der Waals surface area contributed by atoms with Gasteiger partial charge < -0.3 is 25.5 Å². The first kappa shape index (κ1) is 20.3. The van der Waals surface area contributed by atoms with Crippen molar-refractivity contribution in [2.45, 2.75) is 44.8 Å². The maximum Gasteiger partial charge on any atom is 0.202 e. The van der Waals surface area contributed by atoms with E-state index < -0.39 is 70.3 Å². The van der Waals surface area contributed by atoms with Crippen LogP contribution in [0.1, 0.15) is 42.9 Å². The second-order valence-electron chi connectivity index (χ2n) is 8.37. The number of allylic oxidation sites excluding steroid dienone is 1. The molecular weight excluding hydrogens is 392 g/mol. The largest absolute Gasteiger partial charge is 0.508 e. The quantitative estimate of drug-likeness (QED) is 0.432. The predicted molar refractivity (Wildman–Crippen MR) is 104 cm³/mol. The third-order valence-corrected chi connectivity index (χ3v) is 6.81. The predicted octanol–water partition coefficient (Wildman–Crippen LogP) is 1.37. The molecule has 158 valence electrons. The number of aromatic hydroxyl groups is 1. The zero-order valence-corrected chi connectivity index (χ0v) is 16.6. The van der Waals surface area contributed by atoms with Gasteiger partial charge in [0.2, 0.25) is 5.78 Å². The number of aliphatic hydroxyl groups excluding tert-OH is 3. The third-order valence-electron chi connectivity index (χ3n) is 6.81. The van der Waals surface area contributed by atoms with E-state index >= 15 is 0 Å². The van der Waals surface area contributed by atoms with Gasteiger partial charge in [-0.15, -0.1) is 0 Å². The number of aryl methyl sites for hydroxylation is 1. The number of hydrogen-bond donors (Lipinski definition) is 5. The molecule has 8 nitrogen and oxygen atoms in total. The SMILES string of the molecule is CC(=O)C1=C(O)C2(O)C(=O)C3=C(O)c4c(ccc(C)c4O)C(C)C3C(O)C2CC1=O. The molecule has 0 bridgehead atoms. The molecule has 0 heterocycles. The third kappa shape index (κ3) is 2.26. The summed E-state index contributed by atoms with van der Waals surface area (Å²) in [7, 11) is 0. The van der Waals surface area contributed by atoms with E-state index in [0.717, 1.165) is 6.92 Å². The van der Waals surface area contributed by atoms with E-state index in [1.165, 1.54) is 0 Å². The summed E-state index contributed by atoms with van der Waals surface area (Å²) in [5.41, 5.74) is -2.77. The Balaban J connectivity index is 2.03. The van der Waals surface area contributed by atoms with E-state index in [0.29, 0.717) is 11.1 Å². The highest BCUT2D eigenvalue weighted by molar-refractivity contribution is 6.23. The number of phenols is 1. The lowest BCUT2D eigenvalue weighted by Crippen LogP contribution is -2.63. The molecule has 1 aromatic carbocycles. The lowest BCUT2D eigenvalue weighted by atomic mass is 9.55. The highest BCUT2D eigenvalue weighted by atomic mass is 16.4. The number of carbonyl (C=O) groups is 3. The number of phenolic OH excluding ortho intramolecular Hbond substituents is 1. The second kappa shape index (κ2) is 6.26. The Hall–Kier alpha value is -2.97. The van der Waals surface area contributed by atoms with Crippen molar-refractivity contribution in [2.24, 2.45) is 11.8 Å². The molecule has 5 N–H and O–H groups in total. The Labute approximate surface area is 171 Å². The van der Waals surface area contributed by atoms with Crippen LogP contribution in [0.3, 0.4) is 0 Å². The fourth-order valence-electron chi connectivity index (χ4n) is 5.21. The van der Waals surface area contributed by atoms with Gasteiger partial charge >= 0.3 is 0 Å². The minimum atomic E-state index is -2.73. The molecule has 0 saturated heterocycles. The molecule has 0 amide bonds. The number of hydrogen-bond acceptors (Lipinski definition) is 8. The minimum absolute atomic E-state index is 0.0264. The van der Waals surface area contributed by atoms with Gasteiger partial charge in [0, 0.05) is 23.8 Å². The summed E-state index contributed by atoms with van der Waals surface area (Å²) in [5.74, 6) is -7.52. The summed E-state index contributed by atoms with van der Waals surface area (Å²) in [5, 5.41) is 54.3. The van der Waals surface area contributed by atoms with Gasteiger partial charge in [0.15, 0.2) is 17.2 Å². The van der Waals surface area contributed by atoms with Crippen LogP contribution in [0.15, 0.2) is 29.0 Å². The van der Waals surface area contributed by atoms with Crippen molar-refractivity contribution in [3.8, 4) is 5.75 Å². The van der Waals surface area contributed by atoms with Crippen LogP contribution in [-0.2, 0) is 14.4 Å². The molecule has 0 spiro atoms. The maximum atomic E-state index is 13.4. The van der Waals surface area contributed by atoms with Crippen molar-refractivity contribution >= 4 is 23.1 Å². The van der Waals surface area contributed by atoms with Gasteiger partial charge in [-0.05, 0) is 30.9 Å². The Bertz CT molecular complexity index is 1090. The number of fused-ring (bicyclic) bond motifs is 3. The summed E-state index contributed by atoms with van der Waals surface area (Å²) < 4.78 is 0. The number of ketones is 3. The molecule has 0 aliphatic heterocycles. The molecule has 0 radical (unpaired) electrons. The molecule has 3 aliphatic carbocycles. The number of benzene rings is 1. The first-order valence-electron chi connectivity index (χ1n) is 9.63. The Morgan fingerprint density at radius 1 is 1.17 bits per heavy atom. The number of carbonyl (C=O) groups excluding carboxylic acids is 3. The molecule has 5 atom stereocenters. The number of aliphatic hydroxyl groups is 4. The van der Waals surface area contributed by atoms with Crippen LogP contribution >= 0.6 is 0 Å². The summed E-state index contributed by atoms with van der Waals surface area (Å²) in [6, 6.07) is 3.32. The molecule has 1 saturated carbocycles. The van der Waals surface area contributed by atoms with Gasteiger partial charge in [0.25, 0.3) is 0 Å². The fraction of sp³-hybridized carbons (Fsp3) is 0.409. The van der Waals surface area contributed by atoms with Crippen molar-refractivity contribution in [1.82, 2.24) is 0 Å². The maximum absolute atomic E-state index is 13.4. The lowest BCUT2D eigenvalue weighted by molar-refractivity contribution is -0.160. The molecule has 4 rings (SSSR count). The topological polar surface area (TPSA) is 152 Å². The molecular formula is C22H22O8. The lowest BCUT2D eigenvalue weighted by Gasteiger charge is -2.50. The second-order valence-corrected chi connectivity index (χ2v) is 8.37. The van der Waals surface area contributed by atoms with E-state index in [1.54, 1.807) is 26.0 Å². The van der Waals surface area contributed by atoms with Crippen molar-refractivity contribution in [1.29, 1.82) is 0 Å². The van der Waals surface area contributed by atoms with E-state index in [2.05, 4.69) is 0 Å². The van der Waals surface area contributed by atoms with Crippen LogP contribution in [0.2, 0.25) is 0 Å². The first-order valence-corrected chi connectivity index (χ1v) is 9.63. The van der Waals surface area contributed by atoms with Crippen LogP contribution in [0.4, 0.5) is 0 Å². The van der Waals surface area contributed by atoms with Crippen LogP contribution in [0.5, 0.6) is 5.75 Å².